The molecule has 0 aromatic heterocycles. The molecule has 0 saturated heterocycles. The van der Waals surface area contributed by atoms with Gasteiger partial charge in [-0.1, -0.05) is 15.9 Å². The summed E-state index contributed by atoms with van der Waals surface area (Å²) in [6.45, 7) is 3.75. The summed E-state index contributed by atoms with van der Waals surface area (Å²) in [5.74, 6) is -0.758. The third kappa shape index (κ3) is 3.57. The van der Waals surface area contributed by atoms with Crippen LogP contribution in [0.4, 0.5) is 4.39 Å². The molecule has 0 fully saturated rings. The zero-order valence-electron chi connectivity index (χ0n) is 9.18. The lowest BCUT2D eigenvalue weighted by Crippen LogP contribution is -2.50. The minimum Gasteiger partial charge on any atom is -0.368 e. The number of nitrogens with one attached hydrogen (secondary N) is 1. The van der Waals surface area contributed by atoms with E-state index >= 15 is 0 Å². The molecule has 0 unspecified atom stereocenters. The predicted octanol–water partition coefficient (Wildman–Crippen LogP) is 1.94. The highest BCUT2D eigenvalue weighted by molar-refractivity contribution is 9.10. The van der Waals surface area contributed by atoms with Crippen LogP contribution in [0, 0.1) is 5.82 Å². The maximum Gasteiger partial charge on any atom is 0.237 e. The van der Waals surface area contributed by atoms with Crippen molar-refractivity contribution in [2.24, 2.45) is 5.73 Å². The van der Waals surface area contributed by atoms with Gasteiger partial charge in [-0.2, -0.15) is 0 Å². The number of nitrogens with two attached hydrogens (primary N) is 1. The van der Waals surface area contributed by atoms with E-state index in [1.165, 1.54) is 12.1 Å². The van der Waals surface area contributed by atoms with Gasteiger partial charge in [-0.25, -0.2) is 4.39 Å². The van der Waals surface area contributed by atoms with Crippen LogP contribution in [0.1, 0.15) is 19.4 Å². The number of primary amides is 1. The summed E-state index contributed by atoms with van der Waals surface area (Å²) < 4.78 is 13.7. The Hall–Kier alpha value is -0.940. The second-order valence-corrected chi connectivity index (χ2v) is 5.04. The highest BCUT2D eigenvalue weighted by atomic mass is 79.9. The van der Waals surface area contributed by atoms with Crippen LogP contribution < -0.4 is 11.1 Å². The van der Waals surface area contributed by atoms with Gasteiger partial charge < -0.3 is 5.73 Å². The van der Waals surface area contributed by atoms with Gasteiger partial charge in [0.2, 0.25) is 5.91 Å². The first-order valence-electron chi connectivity index (χ1n) is 4.81. The summed E-state index contributed by atoms with van der Waals surface area (Å²) in [6, 6.07) is 4.57. The molecule has 0 radical (unpaired) electrons. The van der Waals surface area contributed by atoms with Gasteiger partial charge in [-0.3, -0.25) is 10.1 Å². The van der Waals surface area contributed by atoms with Gasteiger partial charge in [0.1, 0.15) is 5.82 Å². The highest BCUT2D eigenvalue weighted by Gasteiger charge is 2.23. The first-order chi connectivity index (χ1) is 7.31. The van der Waals surface area contributed by atoms with Crippen molar-refractivity contribution >= 4 is 21.8 Å². The second-order valence-electron chi connectivity index (χ2n) is 4.12. The van der Waals surface area contributed by atoms with E-state index in [9.17, 15) is 9.18 Å². The van der Waals surface area contributed by atoms with Crippen molar-refractivity contribution in [1.29, 1.82) is 0 Å². The van der Waals surface area contributed by atoms with Gasteiger partial charge >= 0.3 is 0 Å². The van der Waals surface area contributed by atoms with Gasteiger partial charge in [0.05, 0.1) is 5.54 Å². The van der Waals surface area contributed by atoms with Crippen molar-refractivity contribution < 1.29 is 9.18 Å². The number of carbonyl (C=O) groups is 1. The van der Waals surface area contributed by atoms with E-state index in [1.54, 1.807) is 19.9 Å². The fraction of sp³-hybridized carbons (Fsp3) is 0.364. The fourth-order valence-corrected chi connectivity index (χ4v) is 1.64. The van der Waals surface area contributed by atoms with E-state index in [-0.39, 0.29) is 5.82 Å². The molecule has 0 aliphatic rings. The molecular weight excluding hydrogens is 275 g/mol. The number of rotatable bonds is 4. The molecule has 5 heteroatoms. The van der Waals surface area contributed by atoms with Crippen LogP contribution >= 0.6 is 15.9 Å². The Morgan fingerprint density at radius 3 is 2.62 bits per heavy atom. The monoisotopic (exact) mass is 288 g/mol. The molecule has 0 aliphatic carbocycles. The largest absolute Gasteiger partial charge is 0.368 e. The molecule has 16 heavy (non-hydrogen) atoms. The van der Waals surface area contributed by atoms with Gasteiger partial charge in [-0.05, 0) is 37.6 Å². The number of carbonyl (C=O) groups excluding carboxylic acids is 1. The lowest BCUT2D eigenvalue weighted by Gasteiger charge is -2.22. The van der Waals surface area contributed by atoms with E-state index in [1.807, 2.05) is 0 Å². The number of hydrogen-bond donors (Lipinski definition) is 2. The quantitative estimate of drug-likeness (QED) is 0.890. The third-order valence-corrected chi connectivity index (χ3v) is 2.73. The van der Waals surface area contributed by atoms with Gasteiger partial charge in [-0.15, -0.1) is 0 Å². The van der Waals surface area contributed by atoms with Gasteiger partial charge in [0.25, 0.3) is 0 Å². The second kappa shape index (κ2) is 4.93. The Balaban J connectivity index is 2.71. The normalized spacial score (nSPS) is 11.5. The number of hydrogen-bond acceptors (Lipinski definition) is 2. The Kier molecular flexibility index (Phi) is 4.04. The molecule has 0 heterocycles. The summed E-state index contributed by atoms with van der Waals surface area (Å²) in [5.41, 5.74) is 5.15. The molecular formula is C11H14BrFN2O. The highest BCUT2D eigenvalue weighted by Crippen LogP contribution is 2.15. The first-order valence-corrected chi connectivity index (χ1v) is 5.60. The molecule has 0 spiro atoms. The fourth-order valence-electron chi connectivity index (χ4n) is 1.12. The maximum atomic E-state index is 13.1. The van der Waals surface area contributed by atoms with E-state index < -0.39 is 11.4 Å². The average Bonchev–Trinajstić information content (AvgIpc) is 2.13. The predicted molar refractivity (Wildman–Crippen MR) is 64.2 cm³/mol. The first kappa shape index (κ1) is 13.1. The Bertz CT molecular complexity index is 387. The van der Waals surface area contributed by atoms with Crippen molar-refractivity contribution in [1.82, 2.24) is 5.32 Å². The molecule has 1 aromatic rings. The SMILES string of the molecule is CC(C)(NCc1cc(F)cc(Br)c1)C(N)=O. The summed E-state index contributed by atoms with van der Waals surface area (Å²) >= 11 is 3.20. The van der Waals surface area contributed by atoms with Crippen LogP contribution in [0.15, 0.2) is 22.7 Å². The molecule has 1 amide bonds. The van der Waals surface area contributed by atoms with Crippen LogP contribution in [0.5, 0.6) is 0 Å². The van der Waals surface area contributed by atoms with E-state index in [4.69, 9.17) is 5.73 Å². The number of halogens is 2. The Morgan fingerprint density at radius 2 is 2.12 bits per heavy atom. The van der Waals surface area contributed by atoms with Crippen molar-refractivity contribution in [3.63, 3.8) is 0 Å². The number of benzene rings is 1. The third-order valence-electron chi connectivity index (χ3n) is 2.27. The molecule has 1 rings (SSSR count). The van der Waals surface area contributed by atoms with Crippen molar-refractivity contribution in [3.05, 3.63) is 34.1 Å². The topological polar surface area (TPSA) is 55.1 Å². The molecule has 88 valence electrons. The van der Waals surface area contributed by atoms with Crippen LogP contribution in [0.25, 0.3) is 0 Å². The summed E-state index contributed by atoms with van der Waals surface area (Å²) in [7, 11) is 0. The molecule has 3 N–H and O–H groups in total. The number of amides is 1. The van der Waals surface area contributed by atoms with Crippen LogP contribution in [0.2, 0.25) is 0 Å². The van der Waals surface area contributed by atoms with Crippen LogP contribution in [-0.4, -0.2) is 11.4 Å². The van der Waals surface area contributed by atoms with E-state index in [0.29, 0.717) is 11.0 Å². The smallest absolute Gasteiger partial charge is 0.237 e. The minimum atomic E-state index is -0.807. The van der Waals surface area contributed by atoms with Crippen LogP contribution in [0.3, 0.4) is 0 Å². The van der Waals surface area contributed by atoms with Crippen molar-refractivity contribution in [2.45, 2.75) is 25.9 Å². The lowest BCUT2D eigenvalue weighted by molar-refractivity contribution is -0.123. The van der Waals surface area contributed by atoms with E-state index in [2.05, 4.69) is 21.2 Å². The molecule has 3 nitrogen and oxygen atoms in total. The zero-order chi connectivity index (χ0) is 12.3. The Morgan fingerprint density at radius 1 is 1.50 bits per heavy atom. The van der Waals surface area contributed by atoms with Gasteiger partial charge in [0, 0.05) is 11.0 Å². The summed E-state index contributed by atoms with van der Waals surface area (Å²) in [6.07, 6.45) is 0. The average molecular weight is 289 g/mol. The minimum absolute atomic E-state index is 0.317. The zero-order valence-corrected chi connectivity index (χ0v) is 10.8. The van der Waals surface area contributed by atoms with Crippen LogP contribution in [-0.2, 0) is 11.3 Å². The van der Waals surface area contributed by atoms with Crippen molar-refractivity contribution in [3.8, 4) is 0 Å². The van der Waals surface area contributed by atoms with Gasteiger partial charge in [0.15, 0.2) is 0 Å². The molecule has 0 aliphatic heterocycles. The summed E-state index contributed by atoms with van der Waals surface area (Å²) in [4.78, 5) is 11.1. The lowest BCUT2D eigenvalue weighted by atomic mass is 10.0. The standard InChI is InChI=1S/C11H14BrFN2O/c1-11(2,10(14)16)15-6-7-3-8(12)5-9(13)4-7/h3-5,15H,6H2,1-2H3,(H2,14,16). The molecule has 0 atom stereocenters. The maximum absolute atomic E-state index is 13.1. The summed E-state index contributed by atoms with van der Waals surface area (Å²) in [5, 5.41) is 2.97. The van der Waals surface area contributed by atoms with E-state index in [0.717, 1.165) is 5.56 Å². The van der Waals surface area contributed by atoms with Crippen molar-refractivity contribution in [2.75, 3.05) is 0 Å². The molecule has 0 saturated carbocycles. The molecule has 0 bridgehead atoms. The Labute approximate surface area is 102 Å². The molecule has 1 aromatic carbocycles.